The Balaban J connectivity index is 1.66. The average molecular weight is 264 g/mol. The fraction of sp³-hybridized carbons (Fsp3) is 0.889. The second kappa shape index (κ2) is 8.09. The minimum atomic E-state index is 0.563. The van der Waals surface area contributed by atoms with Crippen molar-refractivity contribution < 1.29 is 4.74 Å². The highest BCUT2D eigenvalue weighted by Crippen LogP contribution is 2.41. The summed E-state index contributed by atoms with van der Waals surface area (Å²) in [5, 5.41) is 0. The third kappa shape index (κ3) is 4.63. The summed E-state index contributed by atoms with van der Waals surface area (Å²) in [4.78, 5) is 0. The van der Waals surface area contributed by atoms with Gasteiger partial charge in [0.25, 0.3) is 0 Å². The Morgan fingerprint density at radius 3 is 2.00 bits per heavy atom. The first-order valence-electron chi connectivity index (χ1n) is 8.47. The van der Waals surface area contributed by atoms with Gasteiger partial charge in [0.15, 0.2) is 0 Å². The highest BCUT2D eigenvalue weighted by Gasteiger charge is 2.30. The zero-order valence-corrected chi connectivity index (χ0v) is 12.9. The van der Waals surface area contributed by atoms with Crippen molar-refractivity contribution in [2.24, 2.45) is 17.8 Å². The smallest absolute Gasteiger partial charge is 0.0571 e. The van der Waals surface area contributed by atoms with Gasteiger partial charge in [-0.05, 0) is 76.0 Å². The molecule has 2 fully saturated rings. The van der Waals surface area contributed by atoms with Crippen LogP contribution in [0.4, 0.5) is 0 Å². The zero-order chi connectivity index (χ0) is 13.5. The SMILES string of the molecule is CC=CCC[C@H]1CC[C@H]([C@H]2CC[C@H](OC)CC2)CC1. The van der Waals surface area contributed by atoms with Gasteiger partial charge in [0.2, 0.25) is 0 Å². The monoisotopic (exact) mass is 264 g/mol. The van der Waals surface area contributed by atoms with Crippen LogP contribution >= 0.6 is 0 Å². The van der Waals surface area contributed by atoms with Gasteiger partial charge in [-0.15, -0.1) is 0 Å². The molecule has 110 valence electrons. The van der Waals surface area contributed by atoms with Crippen LogP contribution in [-0.4, -0.2) is 13.2 Å². The molecule has 0 heterocycles. The van der Waals surface area contributed by atoms with Crippen molar-refractivity contribution in [2.75, 3.05) is 7.11 Å². The minimum absolute atomic E-state index is 0.563. The molecule has 0 amide bonds. The molecule has 2 aliphatic carbocycles. The molecule has 0 spiro atoms. The summed E-state index contributed by atoms with van der Waals surface area (Å²) < 4.78 is 5.49. The molecule has 0 unspecified atom stereocenters. The third-order valence-electron chi connectivity index (χ3n) is 5.59. The molecule has 0 N–H and O–H groups in total. The summed E-state index contributed by atoms with van der Waals surface area (Å²) in [6, 6.07) is 0. The molecule has 0 bridgehead atoms. The summed E-state index contributed by atoms with van der Waals surface area (Å²) in [7, 11) is 1.88. The van der Waals surface area contributed by atoms with Gasteiger partial charge in [-0.25, -0.2) is 0 Å². The van der Waals surface area contributed by atoms with Gasteiger partial charge in [-0.1, -0.05) is 25.0 Å². The van der Waals surface area contributed by atoms with E-state index in [4.69, 9.17) is 4.74 Å². The maximum atomic E-state index is 5.49. The molecule has 2 aliphatic rings. The quantitative estimate of drug-likeness (QED) is 0.608. The van der Waals surface area contributed by atoms with E-state index in [-0.39, 0.29) is 0 Å². The molecule has 2 rings (SSSR count). The Bertz CT molecular complexity index is 255. The molecule has 0 aromatic heterocycles. The number of allylic oxidation sites excluding steroid dienone is 2. The maximum Gasteiger partial charge on any atom is 0.0571 e. The lowest BCUT2D eigenvalue weighted by Gasteiger charge is -2.37. The van der Waals surface area contributed by atoms with E-state index in [1.54, 1.807) is 0 Å². The van der Waals surface area contributed by atoms with Crippen LogP contribution < -0.4 is 0 Å². The number of hydrogen-bond acceptors (Lipinski definition) is 1. The fourth-order valence-electron chi connectivity index (χ4n) is 4.24. The second-order valence-corrected chi connectivity index (χ2v) is 6.70. The van der Waals surface area contributed by atoms with Gasteiger partial charge >= 0.3 is 0 Å². The van der Waals surface area contributed by atoms with Gasteiger partial charge in [0.1, 0.15) is 0 Å². The number of hydrogen-bond donors (Lipinski definition) is 0. The molecule has 0 atom stereocenters. The summed E-state index contributed by atoms with van der Waals surface area (Å²) in [6.07, 6.45) is 19.3. The first-order chi connectivity index (χ1) is 9.33. The van der Waals surface area contributed by atoms with Gasteiger partial charge < -0.3 is 4.74 Å². The summed E-state index contributed by atoms with van der Waals surface area (Å²) in [6.45, 7) is 2.13. The Labute approximate surface area is 119 Å². The molecular weight excluding hydrogens is 232 g/mol. The molecule has 0 saturated heterocycles. The van der Waals surface area contributed by atoms with Crippen LogP contribution in [0, 0.1) is 17.8 Å². The predicted octanol–water partition coefficient (Wildman–Crippen LogP) is 5.35. The zero-order valence-electron chi connectivity index (χ0n) is 12.9. The van der Waals surface area contributed by atoms with E-state index in [1.807, 2.05) is 7.11 Å². The Kier molecular flexibility index (Phi) is 6.43. The van der Waals surface area contributed by atoms with E-state index < -0.39 is 0 Å². The van der Waals surface area contributed by atoms with Crippen molar-refractivity contribution in [3.8, 4) is 0 Å². The molecule has 0 aromatic carbocycles. The Morgan fingerprint density at radius 2 is 1.47 bits per heavy atom. The van der Waals surface area contributed by atoms with Crippen LogP contribution in [0.5, 0.6) is 0 Å². The minimum Gasteiger partial charge on any atom is -0.381 e. The summed E-state index contributed by atoms with van der Waals surface area (Å²) in [5.74, 6) is 3.07. The summed E-state index contributed by atoms with van der Waals surface area (Å²) in [5.41, 5.74) is 0. The van der Waals surface area contributed by atoms with Gasteiger partial charge in [0, 0.05) is 7.11 Å². The lowest BCUT2D eigenvalue weighted by molar-refractivity contribution is 0.0392. The van der Waals surface area contributed by atoms with Crippen LogP contribution in [0.1, 0.15) is 71.1 Å². The van der Waals surface area contributed by atoms with Gasteiger partial charge in [-0.2, -0.15) is 0 Å². The van der Waals surface area contributed by atoms with Crippen molar-refractivity contribution in [1.29, 1.82) is 0 Å². The Morgan fingerprint density at radius 1 is 0.895 bits per heavy atom. The topological polar surface area (TPSA) is 9.23 Å². The highest BCUT2D eigenvalue weighted by molar-refractivity contribution is 4.84. The van der Waals surface area contributed by atoms with Crippen LogP contribution in [0.15, 0.2) is 12.2 Å². The van der Waals surface area contributed by atoms with E-state index in [9.17, 15) is 0 Å². The number of ether oxygens (including phenoxy) is 1. The molecule has 0 aromatic rings. The lowest BCUT2D eigenvalue weighted by atomic mass is 9.70. The fourth-order valence-corrected chi connectivity index (χ4v) is 4.24. The molecular formula is C18H32O. The van der Waals surface area contributed by atoms with Crippen molar-refractivity contribution >= 4 is 0 Å². The highest BCUT2D eigenvalue weighted by atomic mass is 16.5. The van der Waals surface area contributed by atoms with Crippen molar-refractivity contribution in [1.82, 2.24) is 0 Å². The summed E-state index contributed by atoms with van der Waals surface area (Å²) >= 11 is 0. The van der Waals surface area contributed by atoms with E-state index >= 15 is 0 Å². The van der Waals surface area contributed by atoms with E-state index in [2.05, 4.69) is 19.1 Å². The first-order valence-corrected chi connectivity index (χ1v) is 8.47. The van der Waals surface area contributed by atoms with E-state index in [0.29, 0.717) is 6.10 Å². The third-order valence-corrected chi connectivity index (χ3v) is 5.59. The molecule has 19 heavy (non-hydrogen) atoms. The first kappa shape index (κ1) is 15.1. The van der Waals surface area contributed by atoms with Gasteiger partial charge in [0.05, 0.1) is 6.10 Å². The predicted molar refractivity (Wildman–Crippen MR) is 82.3 cm³/mol. The molecule has 0 radical (unpaired) electrons. The largest absolute Gasteiger partial charge is 0.381 e. The molecule has 1 nitrogen and oxygen atoms in total. The molecule has 1 heteroatoms. The Hall–Kier alpha value is -0.300. The van der Waals surface area contributed by atoms with E-state index in [0.717, 1.165) is 17.8 Å². The number of rotatable bonds is 5. The molecule has 0 aliphatic heterocycles. The van der Waals surface area contributed by atoms with Gasteiger partial charge in [-0.3, -0.25) is 0 Å². The van der Waals surface area contributed by atoms with Crippen molar-refractivity contribution in [3.05, 3.63) is 12.2 Å². The standard InChI is InChI=1S/C18H32O/c1-3-4-5-6-15-7-9-16(10-8-15)17-11-13-18(19-2)14-12-17/h3-4,15-18H,5-14H2,1-2H3/t15-,16-,17-,18-. The average Bonchev–Trinajstić information content (AvgIpc) is 2.48. The van der Waals surface area contributed by atoms with Crippen LogP contribution in [-0.2, 0) is 4.74 Å². The lowest BCUT2D eigenvalue weighted by Crippen LogP contribution is -2.28. The van der Waals surface area contributed by atoms with Crippen LogP contribution in [0.3, 0.4) is 0 Å². The maximum absolute atomic E-state index is 5.49. The van der Waals surface area contributed by atoms with Crippen molar-refractivity contribution in [3.63, 3.8) is 0 Å². The normalized spacial score (nSPS) is 36.7. The second-order valence-electron chi connectivity index (χ2n) is 6.70. The molecule has 2 saturated carbocycles. The number of methoxy groups -OCH3 is 1. The van der Waals surface area contributed by atoms with E-state index in [1.165, 1.54) is 64.2 Å². The van der Waals surface area contributed by atoms with Crippen LogP contribution in [0.2, 0.25) is 0 Å². The van der Waals surface area contributed by atoms with Crippen LogP contribution in [0.25, 0.3) is 0 Å². The van der Waals surface area contributed by atoms with Crippen molar-refractivity contribution in [2.45, 2.75) is 77.2 Å².